The van der Waals surface area contributed by atoms with Gasteiger partial charge in [-0.1, -0.05) is 18.2 Å². The molecule has 2 atom stereocenters. The summed E-state index contributed by atoms with van der Waals surface area (Å²) in [6.07, 6.45) is 2.12. The second-order valence-electron chi connectivity index (χ2n) is 7.17. The highest BCUT2D eigenvalue weighted by Crippen LogP contribution is 2.43. The molecular weight excluding hydrogens is 356 g/mol. The van der Waals surface area contributed by atoms with Crippen molar-refractivity contribution >= 4 is 11.8 Å². The maximum absolute atomic E-state index is 13.1. The summed E-state index contributed by atoms with van der Waals surface area (Å²) >= 11 is 0. The first-order valence-electron chi connectivity index (χ1n) is 9.53. The number of nitrogens with zero attached hydrogens (tertiary/aromatic N) is 1. The number of benzene rings is 2. The minimum absolute atomic E-state index is 0.0240. The standard InChI is InChI=1S/C22H24N2O4/c1-27-16-12-15-10-11-24-18(20(15)19(13-16)28-2)9-8-17(22(24)26)23-21(25)14-6-4-3-5-7-14/h3-7,12-13,17-18H,8-11H2,1-2H3,(H,23,25)/t17-,18+/m0/s1. The molecule has 2 amide bonds. The van der Waals surface area contributed by atoms with Crippen LogP contribution in [0.4, 0.5) is 0 Å². The fourth-order valence-electron chi connectivity index (χ4n) is 4.26. The van der Waals surface area contributed by atoms with Gasteiger partial charge in [0.05, 0.1) is 20.3 Å². The van der Waals surface area contributed by atoms with Crippen molar-refractivity contribution in [3.8, 4) is 11.5 Å². The second kappa shape index (κ2) is 7.54. The van der Waals surface area contributed by atoms with Crippen molar-refractivity contribution in [2.24, 2.45) is 0 Å². The highest BCUT2D eigenvalue weighted by atomic mass is 16.5. The Morgan fingerprint density at radius 3 is 2.61 bits per heavy atom. The van der Waals surface area contributed by atoms with Crippen molar-refractivity contribution in [3.63, 3.8) is 0 Å². The molecule has 0 aromatic heterocycles. The van der Waals surface area contributed by atoms with Crippen molar-refractivity contribution in [3.05, 3.63) is 59.2 Å². The van der Waals surface area contributed by atoms with Crippen molar-refractivity contribution in [1.29, 1.82) is 0 Å². The van der Waals surface area contributed by atoms with Crippen molar-refractivity contribution in [2.75, 3.05) is 20.8 Å². The molecule has 2 aromatic carbocycles. The number of piperidine rings is 1. The molecular formula is C22H24N2O4. The predicted molar refractivity (Wildman–Crippen MR) is 105 cm³/mol. The van der Waals surface area contributed by atoms with E-state index >= 15 is 0 Å². The van der Waals surface area contributed by atoms with Gasteiger partial charge < -0.3 is 19.7 Å². The number of nitrogens with one attached hydrogen (secondary N) is 1. The minimum Gasteiger partial charge on any atom is -0.497 e. The zero-order valence-electron chi connectivity index (χ0n) is 16.1. The Balaban J connectivity index is 1.56. The fourth-order valence-corrected chi connectivity index (χ4v) is 4.26. The summed E-state index contributed by atoms with van der Waals surface area (Å²) in [5.41, 5.74) is 2.79. The summed E-state index contributed by atoms with van der Waals surface area (Å²) in [5.74, 6) is 1.28. The minimum atomic E-state index is -0.491. The topological polar surface area (TPSA) is 67.9 Å². The van der Waals surface area contributed by atoms with E-state index in [4.69, 9.17) is 9.47 Å². The van der Waals surface area contributed by atoms with E-state index in [-0.39, 0.29) is 17.9 Å². The molecule has 1 saturated heterocycles. The molecule has 0 bridgehead atoms. The maximum Gasteiger partial charge on any atom is 0.251 e. The number of carbonyl (C=O) groups excluding carboxylic acids is 2. The quantitative estimate of drug-likeness (QED) is 0.886. The van der Waals surface area contributed by atoms with Crippen LogP contribution >= 0.6 is 0 Å². The van der Waals surface area contributed by atoms with E-state index in [9.17, 15) is 9.59 Å². The Morgan fingerprint density at radius 2 is 1.89 bits per heavy atom. The molecule has 2 heterocycles. The van der Waals surface area contributed by atoms with Gasteiger partial charge in [0.1, 0.15) is 17.5 Å². The number of rotatable bonds is 4. The number of hydrogen-bond donors (Lipinski definition) is 1. The Kier molecular flexibility index (Phi) is 4.94. The Bertz CT molecular complexity index is 880. The normalized spacial score (nSPS) is 20.8. The third kappa shape index (κ3) is 3.19. The lowest BCUT2D eigenvalue weighted by molar-refractivity contribution is -0.139. The van der Waals surface area contributed by atoms with Crippen LogP contribution in [0, 0.1) is 0 Å². The zero-order valence-corrected chi connectivity index (χ0v) is 16.1. The summed E-state index contributed by atoms with van der Waals surface area (Å²) in [6.45, 7) is 0.629. The monoisotopic (exact) mass is 380 g/mol. The summed E-state index contributed by atoms with van der Waals surface area (Å²) < 4.78 is 11.0. The van der Waals surface area contributed by atoms with Gasteiger partial charge in [0, 0.05) is 23.7 Å². The largest absolute Gasteiger partial charge is 0.497 e. The van der Waals surface area contributed by atoms with E-state index in [1.54, 1.807) is 26.4 Å². The van der Waals surface area contributed by atoms with Crippen LogP contribution in [0.1, 0.15) is 40.4 Å². The first kappa shape index (κ1) is 18.3. The molecule has 4 rings (SSSR count). The predicted octanol–water partition coefficient (Wildman–Crippen LogP) is 2.72. The molecule has 0 radical (unpaired) electrons. The van der Waals surface area contributed by atoms with E-state index in [0.717, 1.165) is 35.5 Å². The van der Waals surface area contributed by atoms with Crippen LogP contribution < -0.4 is 14.8 Å². The number of hydrogen-bond acceptors (Lipinski definition) is 4. The maximum atomic E-state index is 13.1. The number of methoxy groups -OCH3 is 2. The highest BCUT2D eigenvalue weighted by Gasteiger charge is 2.41. The van der Waals surface area contributed by atoms with Gasteiger partial charge in [-0.25, -0.2) is 0 Å². The molecule has 1 fully saturated rings. The summed E-state index contributed by atoms with van der Waals surface area (Å²) in [6, 6.07) is 12.4. The molecule has 6 heteroatoms. The third-order valence-electron chi connectivity index (χ3n) is 5.64. The lowest BCUT2D eigenvalue weighted by Gasteiger charge is -2.43. The van der Waals surface area contributed by atoms with Gasteiger partial charge in [-0.05, 0) is 43.0 Å². The lowest BCUT2D eigenvalue weighted by atomic mass is 9.84. The van der Waals surface area contributed by atoms with Crippen molar-refractivity contribution in [2.45, 2.75) is 31.3 Å². The summed E-state index contributed by atoms with van der Waals surface area (Å²) in [5, 5.41) is 2.91. The van der Waals surface area contributed by atoms with E-state index in [0.29, 0.717) is 18.5 Å². The second-order valence-corrected chi connectivity index (χ2v) is 7.17. The van der Waals surface area contributed by atoms with E-state index < -0.39 is 6.04 Å². The van der Waals surface area contributed by atoms with Gasteiger partial charge >= 0.3 is 0 Å². The highest BCUT2D eigenvalue weighted by molar-refractivity contribution is 5.97. The van der Waals surface area contributed by atoms with E-state index in [1.807, 2.05) is 35.2 Å². The Labute approximate surface area is 164 Å². The van der Waals surface area contributed by atoms with E-state index in [2.05, 4.69) is 5.32 Å². The van der Waals surface area contributed by atoms with Crippen LogP contribution in [-0.4, -0.2) is 43.5 Å². The van der Waals surface area contributed by atoms with Crippen LogP contribution in [-0.2, 0) is 11.2 Å². The molecule has 0 saturated carbocycles. The molecule has 2 aliphatic rings. The van der Waals surface area contributed by atoms with E-state index in [1.165, 1.54) is 0 Å². The van der Waals surface area contributed by atoms with Gasteiger partial charge in [0.2, 0.25) is 5.91 Å². The van der Waals surface area contributed by atoms with Gasteiger partial charge in [-0.2, -0.15) is 0 Å². The van der Waals surface area contributed by atoms with Crippen LogP contribution in [0.3, 0.4) is 0 Å². The molecule has 1 N–H and O–H groups in total. The molecule has 2 aliphatic heterocycles. The average molecular weight is 380 g/mol. The Hall–Kier alpha value is -3.02. The molecule has 28 heavy (non-hydrogen) atoms. The molecule has 0 unspecified atom stereocenters. The smallest absolute Gasteiger partial charge is 0.251 e. The van der Waals surface area contributed by atoms with Crippen molar-refractivity contribution in [1.82, 2.24) is 10.2 Å². The zero-order chi connectivity index (χ0) is 19.7. The van der Waals surface area contributed by atoms with Crippen LogP contribution in [0.5, 0.6) is 11.5 Å². The molecule has 6 nitrogen and oxygen atoms in total. The fraction of sp³-hybridized carbons (Fsp3) is 0.364. The van der Waals surface area contributed by atoms with Gasteiger partial charge in [-0.15, -0.1) is 0 Å². The molecule has 0 spiro atoms. The Morgan fingerprint density at radius 1 is 1.11 bits per heavy atom. The first-order valence-corrected chi connectivity index (χ1v) is 9.53. The SMILES string of the molecule is COc1cc2c(c(OC)c1)[C@H]1CC[C@H](NC(=O)c3ccccc3)C(=O)N1CC2. The average Bonchev–Trinajstić information content (AvgIpc) is 2.75. The summed E-state index contributed by atoms with van der Waals surface area (Å²) in [4.78, 5) is 27.5. The van der Waals surface area contributed by atoms with Crippen LogP contribution in [0.15, 0.2) is 42.5 Å². The van der Waals surface area contributed by atoms with Crippen molar-refractivity contribution < 1.29 is 19.1 Å². The van der Waals surface area contributed by atoms with Gasteiger partial charge in [0.15, 0.2) is 0 Å². The van der Waals surface area contributed by atoms with Gasteiger partial charge in [-0.3, -0.25) is 9.59 Å². The number of fused-ring (bicyclic) bond motifs is 3. The number of ether oxygens (including phenoxy) is 2. The molecule has 2 aromatic rings. The van der Waals surface area contributed by atoms with Crippen LogP contribution in [0.2, 0.25) is 0 Å². The lowest BCUT2D eigenvalue weighted by Crippen LogP contribution is -2.55. The molecule has 0 aliphatic carbocycles. The van der Waals surface area contributed by atoms with Gasteiger partial charge in [0.25, 0.3) is 5.91 Å². The number of amides is 2. The number of carbonyl (C=O) groups is 2. The first-order chi connectivity index (χ1) is 13.6. The molecule has 146 valence electrons. The summed E-state index contributed by atoms with van der Waals surface area (Å²) in [7, 11) is 3.28. The van der Waals surface area contributed by atoms with Crippen LogP contribution in [0.25, 0.3) is 0 Å². The third-order valence-corrected chi connectivity index (χ3v) is 5.64.